The van der Waals surface area contributed by atoms with Crippen LogP contribution in [0.15, 0.2) is 10.9 Å². The number of rotatable bonds is 0. The molecule has 0 atom stereocenters. The predicted molar refractivity (Wildman–Crippen MR) is 42.8 cm³/mol. The zero-order valence-electron chi connectivity index (χ0n) is 5.82. The zero-order chi connectivity index (χ0) is 8.01. The summed E-state index contributed by atoms with van der Waals surface area (Å²) in [5.74, 6) is 0.347. The minimum absolute atomic E-state index is 0.134. The summed E-state index contributed by atoms with van der Waals surface area (Å²) in [4.78, 5) is 11.2. The molecule has 0 radical (unpaired) electrons. The van der Waals surface area contributed by atoms with Crippen molar-refractivity contribution in [2.75, 3.05) is 11.5 Å². The molecular formula is C6H8N4O. The Balaban J connectivity index is 2.86. The van der Waals surface area contributed by atoms with Crippen LogP contribution in [0.3, 0.4) is 0 Å². The molecule has 0 saturated heterocycles. The van der Waals surface area contributed by atoms with Gasteiger partial charge in [0.2, 0.25) is 0 Å². The topological polar surface area (TPSA) is 79.0 Å². The van der Waals surface area contributed by atoms with Gasteiger partial charge in [0.05, 0.1) is 6.54 Å². The van der Waals surface area contributed by atoms with Crippen LogP contribution in [0, 0.1) is 0 Å². The van der Waals surface area contributed by atoms with Gasteiger partial charge in [0.1, 0.15) is 11.5 Å². The van der Waals surface area contributed by atoms with Gasteiger partial charge >= 0.3 is 0 Å². The van der Waals surface area contributed by atoms with E-state index in [4.69, 9.17) is 11.5 Å². The number of hydrogen-bond acceptors (Lipinski definition) is 3. The zero-order valence-corrected chi connectivity index (χ0v) is 5.82. The first kappa shape index (κ1) is 6.09. The maximum absolute atomic E-state index is 11.2. The van der Waals surface area contributed by atoms with Crippen LogP contribution in [0.1, 0.15) is 0 Å². The minimum atomic E-state index is -0.240. The van der Waals surface area contributed by atoms with Crippen LogP contribution in [0.4, 0.5) is 11.5 Å². The molecule has 4 N–H and O–H groups in total. The average Bonchev–Trinajstić information content (AvgIpc) is 2.53. The molecule has 0 fully saturated rings. The molecule has 58 valence electrons. The lowest BCUT2D eigenvalue weighted by Gasteiger charge is -1.98. The van der Waals surface area contributed by atoms with Crippen LogP contribution in [0.2, 0.25) is 0 Å². The Morgan fingerprint density at radius 1 is 1.45 bits per heavy atom. The molecule has 5 nitrogen and oxygen atoms in total. The molecule has 1 aromatic heterocycles. The van der Waals surface area contributed by atoms with Gasteiger partial charge in [0.25, 0.3) is 5.56 Å². The Morgan fingerprint density at radius 3 is 2.82 bits per heavy atom. The number of nitrogen functional groups attached to an aromatic ring is 2. The number of hydrogen-bond donors (Lipinski definition) is 2. The van der Waals surface area contributed by atoms with Crippen LogP contribution in [0.5, 0.6) is 0 Å². The Labute approximate surface area is 62.5 Å². The number of fused-ring (bicyclic) bond motifs is 1. The normalized spacial score (nSPS) is 13.8. The van der Waals surface area contributed by atoms with Crippen LogP contribution in [0.25, 0.3) is 6.20 Å². The molecule has 0 unspecified atom stereocenters. The van der Waals surface area contributed by atoms with Crippen molar-refractivity contribution in [3.8, 4) is 0 Å². The van der Waals surface area contributed by atoms with E-state index < -0.39 is 0 Å². The molecule has 2 heterocycles. The number of nitrogens with zero attached hydrogens (tertiary/aromatic N) is 2. The third-order valence-corrected chi connectivity index (χ3v) is 1.78. The quantitative estimate of drug-likeness (QED) is 0.515. The third kappa shape index (κ3) is 0.568. The molecule has 1 aromatic rings. The van der Waals surface area contributed by atoms with E-state index in [0.29, 0.717) is 12.4 Å². The van der Waals surface area contributed by atoms with E-state index in [1.807, 2.05) is 6.08 Å². The lowest BCUT2D eigenvalue weighted by Crippen LogP contribution is -2.15. The second-order valence-electron chi connectivity index (χ2n) is 2.42. The first-order valence-electron chi connectivity index (χ1n) is 3.24. The fourth-order valence-electron chi connectivity index (χ4n) is 1.18. The van der Waals surface area contributed by atoms with E-state index in [1.165, 1.54) is 4.68 Å². The van der Waals surface area contributed by atoms with Gasteiger partial charge in [0, 0.05) is 6.20 Å². The highest BCUT2D eigenvalue weighted by atomic mass is 16.1. The lowest BCUT2D eigenvalue weighted by molar-refractivity contribution is 0.667. The van der Waals surface area contributed by atoms with Crippen LogP contribution >= 0.6 is 0 Å². The van der Waals surface area contributed by atoms with Crippen LogP contribution in [-0.2, 0) is 6.54 Å². The van der Waals surface area contributed by atoms with Crippen molar-refractivity contribution < 1.29 is 0 Å². The smallest absolute Gasteiger partial charge is 0.296 e. The highest BCUT2D eigenvalue weighted by Crippen LogP contribution is 2.13. The first-order valence-corrected chi connectivity index (χ1v) is 3.24. The van der Waals surface area contributed by atoms with Gasteiger partial charge in [-0.1, -0.05) is 0 Å². The maximum atomic E-state index is 11.2. The van der Waals surface area contributed by atoms with Gasteiger partial charge in [-0.05, 0) is 6.08 Å². The largest absolute Gasteiger partial charge is 0.391 e. The number of aromatic nitrogens is 2. The minimum Gasteiger partial charge on any atom is -0.391 e. The molecule has 5 heteroatoms. The fraction of sp³-hybridized carbons (Fsp3) is 0.167. The summed E-state index contributed by atoms with van der Waals surface area (Å²) < 4.78 is 3.03. The second-order valence-corrected chi connectivity index (χ2v) is 2.42. The van der Waals surface area contributed by atoms with Gasteiger partial charge in [-0.3, -0.25) is 9.48 Å². The molecule has 0 saturated carbocycles. The molecule has 0 spiro atoms. The van der Waals surface area contributed by atoms with Crippen molar-refractivity contribution in [3.05, 3.63) is 16.4 Å². The summed E-state index contributed by atoms with van der Waals surface area (Å²) in [7, 11) is 0. The molecule has 0 bridgehead atoms. The van der Waals surface area contributed by atoms with E-state index >= 15 is 0 Å². The van der Waals surface area contributed by atoms with Gasteiger partial charge in [-0.15, -0.1) is 0 Å². The highest BCUT2D eigenvalue weighted by molar-refractivity contribution is 5.60. The highest BCUT2D eigenvalue weighted by Gasteiger charge is 2.14. The monoisotopic (exact) mass is 152 g/mol. The van der Waals surface area contributed by atoms with Crippen LogP contribution < -0.4 is 17.0 Å². The van der Waals surface area contributed by atoms with Crippen molar-refractivity contribution in [3.63, 3.8) is 0 Å². The van der Waals surface area contributed by atoms with E-state index in [0.717, 1.165) is 0 Å². The Morgan fingerprint density at radius 2 is 2.18 bits per heavy atom. The van der Waals surface area contributed by atoms with Gasteiger partial charge in [-0.2, -0.15) is 0 Å². The predicted octanol–water partition coefficient (Wildman–Crippen LogP) is -0.702. The molecular weight excluding hydrogens is 144 g/mol. The second kappa shape index (κ2) is 1.69. The van der Waals surface area contributed by atoms with E-state index in [1.54, 1.807) is 10.9 Å². The SMILES string of the molecule is Nc1c(N)n2n(c1=O)C=CC2. The Hall–Kier alpha value is -1.65. The van der Waals surface area contributed by atoms with E-state index in [2.05, 4.69) is 0 Å². The van der Waals surface area contributed by atoms with Crippen molar-refractivity contribution in [1.29, 1.82) is 0 Å². The molecule has 0 amide bonds. The Bertz CT molecular complexity index is 384. The van der Waals surface area contributed by atoms with Crippen molar-refractivity contribution in [2.24, 2.45) is 0 Å². The molecule has 0 aromatic carbocycles. The summed E-state index contributed by atoms with van der Waals surface area (Å²) in [5, 5.41) is 0. The van der Waals surface area contributed by atoms with Crippen molar-refractivity contribution >= 4 is 17.7 Å². The van der Waals surface area contributed by atoms with Crippen LogP contribution in [-0.4, -0.2) is 9.36 Å². The van der Waals surface area contributed by atoms with Crippen molar-refractivity contribution in [1.82, 2.24) is 9.36 Å². The van der Waals surface area contributed by atoms with E-state index in [-0.39, 0.29) is 11.2 Å². The number of nitrogens with two attached hydrogens (primary N) is 2. The average molecular weight is 152 g/mol. The first-order chi connectivity index (χ1) is 5.22. The number of allylic oxidation sites excluding steroid dienone is 1. The molecule has 1 aliphatic rings. The molecule has 1 aliphatic heterocycles. The summed E-state index contributed by atoms with van der Waals surface area (Å²) in [6, 6.07) is 0. The summed E-state index contributed by atoms with van der Waals surface area (Å²) >= 11 is 0. The Kier molecular flexibility index (Phi) is 0.934. The van der Waals surface area contributed by atoms with Crippen molar-refractivity contribution in [2.45, 2.75) is 6.54 Å². The molecule has 11 heavy (non-hydrogen) atoms. The molecule has 2 rings (SSSR count). The number of anilines is 2. The lowest BCUT2D eigenvalue weighted by atomic mass is 10.5. The molecule has 0 aliphatic carbocycles. The summed E-state index contributed by atoms with van der Waals surface area (Å²) in [6.07, 6.45) is 3.51. The maximum Gasteiger partial charge on any atom is 0.296 e. The van der Waals surface area contributed by atoms with Gasteiger partial charge in [-0.25, -0.2) is 4.68 Å². The summed E-state index contributed by atoms with van der Waals surface area (Å²) in [6.45, 7) is 0.623. The van der Waals surface area contributed by atoms with Gasteiger partial charge < -0.3 is 11.5 Å². The fourth-order valence-corrected chi connectivity index (χ4v) is 1.18. The van der Waals surface area contributed by atoms with E-state index in [9.17, 15) is 4.79 Å². The third-order valence-electron chi connectivity index (χ3n) is 1.78. The van der Waals surface area contributed by atoms with Gasteiger partial charge in [0.15, 0.2) is 0 Å². The standard InChI is InChI=1S/C6H8N4O/c7-4-5(8)9-2-1-3-10(9)6(4)11/h1,3H,2,7-8H2. The summed E-state index contributed by atoms with van der Waals surface area (Å²) in [5.41, 5.74) is 10.8.